The fourth-order valence-electron chi connectivity index (χ4n) is 0. The molecule has 0 aromatic heterocycles. The fraction of sp³-hybridized carbons (Fsp3) is 0. The molecule has 0 spiro atoms. The third-order valence-corrected chi connectivity index (χ3v) is 0. The molecule has 0 amide bonds. The Morgan fingerprint density at radius 2 is 0.667 bits per heavy atom. The average Bonchev–Trinajstić information content (AvgIpc) is 1.50. The van der Waals surface area contributed by atoms with Crippen LogP contribution in [0.25, 0.3) is 18.5 Å². The zero-order chi connectivity index (χ0) is 4.00. The topological polar surface area (TPSA) is 135 Å². The van der Waals surface area contributed by atoms with Crippen LogP contribution in [0.3, 0.4) is 0 Å². The van der Waals surface area contributed by atoms with E-state index >= 15 is 0 Å². The molecular weight excluding hydrogens is 186 g/mol. The van der Waals surface area contributed by atoms with Gasteiger partial charge in [0.05, 0.1) is 0 Å². The molecule has 9 heavy (non-hydrogen) atoms. The number of nitrogens with two attached hydrogens (primary N) is 3. The van der Waals surface area contributed by atoms with E-state index in [1.54, 1.807) is 0 Å². The van der Waals surface area contributed by atoms with Gasteiger partial charge in [0.2, 0.25) is 0 Å². The van der Waals surface area contributed by atoms with Gasteiger partial charge in [0.15, 0.2) is 0 Å². The summed E-state index contributed by atoms with van der Waals surface area (Å²) in [6.07, 6.45) is 0. The molecule has 0 saturated carbocycles. The summed E-state index contributed by atoms with van der Waals surface area (Å²) in [5.41, 5.74) is 0. The van der Waals surface area contributed by atoms with Crippen LogP contribution in [0.15, 0.2) is 0 Å². The van der Waals surface area contributed by atoms with E-state index in [0.717, 1.165) is 0 Å². The van der Waals surface area contributed by atoms with Crippen LogP contribution in [0.1, 0.15) is 0 Å². The molecule has 0 fully saturated rings. The van der Waals surface area contributed by atoms with Gasteiger partial charge in [-0.1, -0.05) is 0 Å². The summed E-state index contributed by atoms with van der Waals surface area (Å²) in [6.45, 7) is 9.00. The van der Waals surface area contributed by atoms with Crippen molar-refractivity contribution in [2.75, 3.05) is 0 Å². The molecule has 0 unspecified atom stereocenters. The molecule has 0 saturated heterocycles. The van der Waals surface area contributed by atoms with Crippen molar-refractivity contribution in [2.24, 2.45) is 0 Å². The number of thiol groups is 1. The molecule has 0 heterocycles. The Labute approximate surface area is 72.6 Å². The zero-order valence-corrected chi connectivity index (χ0v) is 6.35. The molecule has 5 nitrogen and oxygen atoms in total. The number of hydrogen-bond acceptors (Lipinski definition) is 3. The zero-order valence-electron chi connectivity index (χ0n) is 4.35. The first-order valence-electron chi connectivity index (χ1n) is 0.408. The molecule has 6 N–H and O–H groups in total. The summed E-state index contributed by atoms with van der Waals surface area (Å²) in [4.78, 5) is 15.0. The molecular formula is C2H7FeN3O2S. The van der Waals surface area contributed by atoms with Crippen LogP contribution < -0.4 is 0 Å². The van der Waals surface area contributed by atoms with Gasteiger partial charge in [0.1, 0.15) is 0 Å². The largest absolute Gasteiger partial charge is 6.00 e. The van der Waals surface area contributed by atoms with Gasteiger partial charge in [-0.05, 0) is 0 Å². The van der Waals surface area contributed by atoms with Gasteiger partial charge in [-0.25, -0.2) is 0 Å². The predicted octanol–water partition coefficient (Wildman–Crippen LogP) is 1.08. The van der Waals surface area contributed by atoms with Crippen molar-refractivity contribution in [1.29, 1.82) is 0 Å². The quantitative estimate of drug-likeness (QED) is 0.246. The second-order valence-corrected chi connectivity index (χ2v) is 0. The van der Waals surface area contributed by atoms with Gasteiger partial charge in [0, 0.05) is 0 Å². The van der Waals surface area contributed by atoms with Crippen molar-refractivity contribution in [2.45, 2.75) is 0 Å². The van der Waals surface area contributed by atoms with Crippen LogP contribution in [-0.4, -0.2) is 13.6 Å². The first-order chi connectivity index (χ1) is 2.00. The van der Waals surface area contributed by atoms with Crippen molar-refractivity contribution in [3.63, 3.8) is 0 Å². The minimum atomic E-state index is 0. The van der Waals surface area contributed by atoms with E-state index in [-0.39, 0.29) is 49.0 Å². The van der Waals surface area contributed by atoms with Crippen LogP contribution >= 0.6 is 0 Å². The maximum Gasteiger partial charge on any atom is 6.00 e. The monoisotopic (exact) mass is 193 g/mol. The molecule has 0 rings (SSSR count). The van der Waals surface area contributed by atoms with Gasteiger partial charge in [-0.3, -0.25) is 0 Å². The summed E-state index contributed by atoms with van der Waals surface area (Å²) < 4.78 is 0. The maximum absolute atomic E-state index is 7.50. The van der Waals surface area contributed by atoms with Crippen molar-refractivity contribution >= 4 is 27.1 Å². The van der Waals surface area contributed by atoms with E-state index in [0.29, 0.717) is 0 Å². The molecule has 0 aliphatic carbocycles. The number of rotatable bonds is 0. The molecule has 0 aliphatic heterocycles. The molecule has 7 heteroatoms. The minimum Gasteiger partial charge on any atom is -0.813 e. The molecule has 2 radical (unpaired) electrons. The SMILES string of the molecule is [C-]=O.[C-]=O.[Fe+6].[NH2-].[NH2-].[NH2-].[SH-]. The third kappa shape index (κ3) is 37500. The third-order valence-electron chi connectivity index (χ3n) is 0. The Hall–Kier alpha value is 0.0895. The van der Waals surface area contributed by atoms with Gasteiger partial charge in [-0.2, -0.15) is 0 Å². The van der Waals surface area contributed by atoms with Crippen LogP contribution in [0.5, 0.6) is 0 Å². The minimum absolute atomic E-state index is 0. The Bertz CT molecular complexity index is 21.8. The van der Waals surface area contributed by atoms with E-state index in [1.165, 1.54) is 0 Å². The van der Waals surface area contributed by atoms with E-state index in [1.807, 2.05) is 0 Å². The summed E-state index contributed by atoms with van der Waals surface area (Å²) >= 11 is 0. The average molecular weight is 193 g/mol. The van der Waals surface area contributed by atoms with E-state index in [9.17, 15) is 0 Å². The molecule has 0 aromatic rings. The first kappa shape index (κ1) is 136. The number of hydrogen-bond donors (Lipinski definition) is 0. The predicted molar refractivity (Wildman–Crippen MR) is 36.0 cm³/mol. The van der Waals surface area contributed by atoms with Gasteiger partial charge < -0.3 is 55.1 Å². The van der Waals surface area contributed by atoms with Crippen molar-refractivity contribution in [1.82, 2.24) is 0 Å². The van der Waals surface area contributed by atoms with E-state index in [4.69, 9.17) is 9.59 Å². The van der Waals surface area contributed by atoms with E-state index in [2.05, 4.69) is 13.6 Å². The Balaban J connectivity index is -0.00000000114. The van der Waals surface area contributed by atoms with E-state index < -0.39 is 0 Å². The summed E-state index contributed by atoms with van der Waals surface area (Å²) in [5.74, 6) is 0. The normalized spacial score (nSPS) is 0.889. The first-order valence-corrected chi connectivity index (χ1v) is 0.408. The Morgan fingerprint density at radius 3 is 0.667 bits per heavy atom. The second kappa shape index (κ2) is 50800. The van der Waals surface area contributed by atoms with Gasteiger partial charge in [0.25, 0.3) is 0 Å². The van der Waals surface area contributed by atoms with Crippen LogP contribution in [0, 0.1) is 0 Å². The fourth-order valence-corrected chi connectivity index (χ4v) is 0. The maximum atomic E-state index is 7.50. The van der Waals surface area contributed by atoms with Crippen molar-refractivity contribution < 1.29 is 26.7 Å². The Morgan fingerprint density at radius 1 is 0.667 bits per heavy atom. The molecule has 0 aliphatic rings. The second-order valence-electron chi connectivity index (χ2n) is 0. The standard InChI is InChI=1S/2CO.Fe.3H2N.H2S/c2*1-2;;;;;/h;;;4*1H2/q2*-1;+6;3*-1;/p-1. The smallest absolute Gasteiger partial charge is 0.813 e. The molecule has 0 aromatic carbocycles. The summed E-state index contributed by atoms with van der Waals surface area (Å²) in [7, 11) is 0. The number of carbonyl (C=O) groups excluding carboxylic acids is 2. The van der Waals surface area contributed by atoms with Crippen LogP contribution in [-0.2, 0) is 40.2 Å². The van der Waals surface area contributed by atoms with Crippen molar-refractivity contribution in [3.8, 4) is 0 Å². The van der Waals surface area contributed by atoms with Gasteiger partial charge >= 0.3 is 17.1 Å². The molecule has 56 valence electrons. The Kier molecular flexibility index (Phi) is 769000. The van der Waals surface area contributed by atoms with Crippen LogP contribution in [0.2, 0.25) is 0 Å². The summed E-state index contributed by atoms with van der Waals surface area (Å²) in [5, 5.41) is 0. The van der Waals surface area contributed by atoms with Gasteiger partial charge in [-0.15, -0.1) is 0 Å². The summed E-state index contributed by atoms with van der Waals surface area (Å²) in [6, 6.07) is 0. The van der Waals surface area contributed by atoms with Crippen molar-refractivity contribution in [3.05, 3.63) is 18.5 Å². The molecule has 0 atom stereocenters. The van der Waals surface area contributed by atoms with Crippen LogP contribution in [0.4, 0.5) is 0 Å². The molecule has 0 bridgehead atoms.